The lowest BCUT2D eigenvalue weighted by Gasteiger charge is -2.10. The standard InChI is InChI=1S/C11H18FN3O/c1-15(2)6-8-16-7-5-13-10-3-4-14-11(12)9-10/h3-4,9H,5-8H2,1-2H3,(H,13,14). The van der Waals surface area contributed by atoms with E-state index < -0.39 is 5.95 Å². The Morgan fingerprint density at radius 3 is 2.94 bits per heavy atom. The highest BCUT2D eigenvalue weighted by molar-refractivity contribution is 5.40. The summed E-state index contributed by atoms with van der Waals surface area (Å²) in [7, 11) is 4.00. The fraction of sp³-hybridized carbons (Fsp3) is 0.545. The number of rotatable bonds is 7. The van der Waals surface area contributed by atoms with Crippen molar-refractivity contribution in [3.8, 4) is 0 Å². The number of nitrogens with zero attached hydrogens (tertiary/aromatic N) is 2. The molecule has 0 saturated carbocycles. The van der Waals surface area contributed by atoms with Gasteiger partial charge in [-0.3, -0.25) is 0 Å². The van der Waals surface area contributed by atoms with Crippen molar-refractivity contribution >= 4 is 5.69 Å². The molecule has 0 radical (unpaired) electrons. The van der Waals surface area contributed by atoms with Crippen LogP contribution in [0.3, 0.4) is 0 Å². The van der Waals surface area contributed by atoms with Crippen molar-refractivity contribution in [3.63, 3.8) is 0 Å². The van der Waals surface area contributed by atoms with Crippen LogP contribution in [0.1, 0.15) is 0 Å². The number of nitrogens with one attached hydrogen (secondary N) is 1. The van der Waals surface area contributed by atoms with Gasteiger partial charge in [0.1, 0.15) is 0 Å². The van der Waals surface area contributed by atoms with Crippen molar-refractivity contribution in [1.82, 2.24) is 9.88 Å². The fourth-order valence-corrected chi connectivity index (χ4v) is 1.13. The molecule has 0 amide bonds. The van der Waals surface area contributed by atoms with Crippen LogP contribution in [0, 0.1) is 5.95 Å². The zero-order chi connectivity index (χ0) is 11.8. The molecule has 0 atom stereocenters. The second kappa shape index (κ2) is 7.14. The molecule has 0 unspecified atom stereocenters. The molecule has 0 saturated heterocycles. The Morgan fingerprint density at radius 2 is 2.25 bits per heavy atom. The molecule has 1 heterocycles. The Balaban J connectivity index is 2.07. The fourth-order valence-electron chi connectivity index (χ4n) is 1.13. The minimum absolute atomic E-state index is 0.474. The van der Waals surface area contributed by atoms with Crippen molar-refractivity contribution in [2.45, 2.75) is 0 Å². The number of halogens is 1. The van der Waals surface area contributed by atoms with Crippen LogP contribution in [-0.2, 0) is 4.74 Å². The van der Waals surface area contributed by atoms with Crippen molar-refractivity contribution in [1.29, 1.82) is 0 Å². The van der Waals surface area contributed by atoms with Gasteiger partial charge in [0.25, 0.3) is 0 Å². The maximum absolute atomic E-state index is 12.7. The Hall–Kier alpha value is -1.20. The minimum Gasteiger partial charge on any atom is -0.383 e. The highest BCUT2D eigenvalue weighted by Crippen LogP contribution is 2.05. The minimum atomic E-state index is -0.474. The van der Waals surface area contributed by atoms with Crippen molar-refractivity contribution < 1.29 is 9.13 Å². The van der Waals surface area contributed by atoms with Crippen LogP contribution in [0.2, 0.25) is 0 Å². The van der Waals surface area contributed by atoms with Gasteiger partial charge < -0.3 is 15.0 Å². The van der Waals surface area contributed by atoms with Crippen LogP contribution in [0.25, 0.3) is 0 Å². The van der Waals surface area contributed by atoms with Gasteiger partial charge in [-0.15, -0.1) is 0 Å². The van der Waals surface area contributed by atoms with E-state index >= 15 is 0 Å². The first-order valence-corrected chi connectivity index (χ1v) is 5.26. The van der Waals surface area contributed by atoms with Gasteiger partial charge in [-0.1, -0.05) is 0 Å². The van der Waals surface area contributed by atoms with Crippen molar-refractivity contribution in [2.75, 3.05) is 45.7 Å². The van der Waals surface area contributed by atoms with E-state index in [9.17, 15) is 4.39 Å². The van der Waals surface area contributed by atoms with E-state index in [1.807, 2.05) is 14.1 Å². The molecule has 5 heteroatoms. The zero-order valence-corrected chi connectivity index (χ0v) is 9.74. The van der Waals surface area contributed by atoms with Crippen LogP contribution in [0.4, 0.5) is 10.1 Å². The molecule has 0 aromatic carbocycles. The summed E-state index contributed by atoms with van der Waals surface area (Å²) in [6, 6.07) is 3.09. The summed E-state index contributed by atoms with van der Waals surface area (Å²) in [6.45, 7) is 2.89. The molecule has 0 bridgehead atoms. The molecule has 1 N–H and O–H groups in total. The van der Waals surface area contributed by atoms with E-state index in [1.165, 1.54) is 12.3 Å². The van der Waals surface area contributed by atoms with Crippen molar-refractivity contribution in [3.05, 3.63) is 24.3 Å². The largest absolute Gasteiger partial charge is 0.383 e. The van der Waals surface area contributed by atoms with Gasteiger partial charge in [0.2, 0.25) is 5.95 Å². The SMILES string of the molecule is CN(C)CCOCCNc1ccnc(F)c1. The van der Waals surface area contributed by atoms with E-state index in [2.05, 4.69) is 15.2 Å². The lowest BCUT2D eigenvalue weighted by molar-refractivity contribution is 0.126. The maximum Gasteiger partial charge on any atom is 0.214 e. The predicted octanol–water partition coefficient (Wildman–Crippen LogP) is 1.21. The molecular formula is C11H18FN3O. The smallest absolute Gasteiger partial charge is 0.214 e. The first-order chi connectivity index (χ1) is 7.68. The molecule has 1 rings (SSSR count). The summed E-state index contributed by atoms with van der Waals surface area (Å²) < 4.78 is 18.1. The molecule has 16 heavy (non-hydrogen) atoms. The van der Waals surface area contributed by atoms with Gasteiger partial charge in [0.15, 0.2) is 0 Å². The number of hydrogen-bond acceptors (Lipinski definition) is 4. The average molecular weight is 227 g/mol. The summed E-state index contributed by atoms with van der Waals surface area (Å²) in [5.41, 5.74) is 0.726. The van der Waals surface area contributed by atoms with Gasteiger partial charge in [-0.25, -0.2) is 4.98 Å². The van der Waals surface area contributed by atoms with E-state index in [4.69, 9.17) is 4.74 Å². The molecule has 0 spiro atoms. The molecule has 0 fully saturated rings. The zero-order valence-electron chi connectivity index (χ0n) is 9.74. The molecule has 4 nitrogen and oxygen atoms in total. The third-order valence-electron chi connectivity index (χ3n) is 1.98. The molecule has 0 aliphatic carbocycles. The first-order valence-electron chi connectivity index (χ1n) is 5.26. The summed E-state index contributed by atoms with van der Waals surface area (Å²) >= 11 is 0. The Kier molecular flexibility index (Phi) is 5.74. The normalized spacial score (nSPS) is 10.8. The van der Waals surface area contributed by atoms with Crippen LogP contribution < -0.4 is 5.32 Å². The molecular weight excluding hydrogens is 209 g/mol. The van der Waals surface area contributed by atoms with Gasteiger partial charge in [-0.05, 0) is 20.2 Å². The lowest BCUT2D eigenvalue weighted by Crippen LogP contribution is -2.20. The second-order valence-corrected chi connectivity index (χ2v) is 3.71. The molecule has 1 aromatic rings. The predicted molar refractivity (Wildman–Crippen MR) is 62.1 cm³/mol. The van der Waals surface area contributed by atoms with E-state index in [1.54, 1.807) is 6.07 Å². The summed E-state index contributed by atoms with van der Waals surface area (Å²) in [5.74, 6) is -0.474. The number of anilines is 1. The quantitative estimate of drug-likeness (QED) is 0.561. The third-order valence-corrected chi connectivity index (χ3v) is 1.98. The van der Waals surface area contributed by atoms with Crippen LogP contribution in [-0.4, -0.2) is 50.3 Å². The topological polar surface area (TPSA) is 37.4 Å². The lowest BCUT2D eigenvalue weighted by atomic mass is 10.4. The van der Waals surface area contributed by atoms with Gasteiger partial charge >= 0.3 is 0 Å². The Bertz CT molecular complexity index is 307. The summed E-state index contributed by atoms with van der Waals surface area (Å²) in [4.78, 5) is 5.53. The molecule has 0 aliphatic rings. The van der Waals surface area contributed by atoms with Crippen LogP contribution >= 0.6 is 0 Å². The second-order valence-electron chi connectivity index (χ2n) is 3.71. The number of pyridine rings is 1. The highest BCUT2D eigenvalue weighted by Gasteiger charge is 1.95. The Labute approximate surface area is 95.4 Å². The van der Waals surface area contributed by atoms with E-state index in [0.717, 1.165) is 12.2 Å². The Morgan fingerprint density at radius 1 is 1.44 bits per heavy atom. The average Bonchev–Trinajstić information content (AvgIpc) is 2.23. The maximum atomic E-state index is 12.7. The highest BCUT2D eigenvalue weighted by atomic mass is 19.1. The number of hydrogen-bond donors (Lipinski definition) is 1. The summed E-state index contributed by atoms with van der Waals surface area (Å²) in [5, 5.41) is 3.05. The van der Waals surface area contributed by atoms with Crippen molar-refractivity contribution in [2.24, 2.45) is 0 Å². The van der Waals surface area contributed by atoms with Crippen LogP contribution in [0.15, 0.2) is 18.3 Å². The third kappa shape index (κ3) is 5.63. The van der Waals surface area contributed by atoms with E-state index in [-0.39, 0.29) is 0 Å². The van der Waals surface area contributed by atoms with Gasteiger partial charge in [0.05, 0.1) is 13.2 Å². The first kappa shape index (κ1) is 12.9. The monoisotopic (exact) mass is 227 g/mol. The molecule has 90 valence electrons. The molecule has 1 aromatic heterocycles. The van der Waals surface area contributed by atoms with E-state index in [0.29, 0.717) is 19.8 Å². The van der Waals surface area contributed by atoms with Crippen LogP contribution in [0.5, 0.6) is 0 Å². The summed E-state index contributed by atoms with van der Waals surface area (Å²) in [6.07, 6.45) is 1.44. The molecule has 0 aliphatic heterocycles. The number of likely N-dealkylation sites (N-methyl/N-ethyl adjacent to an activating group) is 1. The number of ether oxygens (including phenoxy) is 1. The number of aromatic nitrogens is 1. The van der Waals surface area contributed by atoms with Gasteiger partial charge in [0, 0.05) is 31.0 Å². The van der Waals surface area contributed by atoms with Gasteiger partial charge in [-0.2, -0.15) is 4.39 Å².